The summed E-state index contributed by atoms with van der Waals surface area (Å²) in [6.07, 6.45) is 4.94. The molecular weight excluding hydrogens is 332 g/mol. The molecule has 0 aliphatic carbocycles. The van der Waals surface area contributed by atoms with Crippen LogP contribution in [0.3, 0.4) is 0 Å². The SMILES string of the molecule is CCOC(=O)/C(=C/C=C/c1ccccc1)C(=O)c1ccc2c(c1)OCO2. The van der Waals surface area contributed by atoms with E-state index < -0.39 is 11.8 Å². The highest BCUT2D eigenvalue weighted by Gasteiger charge is 2.23. The molecule has 2 aromatic carbocycles. The average Bonchev–Trinajstić information content (AvgIpc) is 3.13. The fraction of sp³-hybridized carbons (Fsp3) is 0.143. The van der Waals surface area contributed by atoms with Gasteiger partial charge in [0.2, 0.25) is 6.79 Å². The fourth-order valence-corrected chi connectivity index (χ4v) is 2.46. The highest BCUT2D eigenvalue weighted by atomic mass is 16.7. The van der Waals surface area contributed by atoms with Crippen molar-refractivity contribution in [1.29, 1.82) is 0 Å². The van der Waals surface area contributed by atoms with Gasteiger partial charge in [-0.25, -0.2) is 4.79 Å². The maximum absolute atomic E-state index is 12.8. The van der Waals surface area contributed by atoms with Crippen LogP contribution in [0.4, 0.5) is 0 Å². The van der Waals surface area contributed by atoms with Crippen LogP contribution in [0.1, 0.15) is 22.8 Å². The molecule has 1 heterocycles. The van der Waals surface area contributed by atoms with Gasteiger partial charge in [0.05, 0.1) is 6.61 Å². The average molecular weight is 350 g/mol. The molecule has 1 aliphatic heterocycles. The molecule has 0 spiro atoms. The van der Waals surface area contributed by atoms with Gasteiger partial charge in [-0.1, -0.05) is 42.5 Å². The van der Waals surface area contributed by atoms with E-state index in [9.17, 15) is 9.59 Å². The van der Waals surface area contributed by atoms with Crippen molar-refractivity contribution in [3.05, 3.63) is 77.4 Å². The van der Waals surface area contributed by atoms with Crippen molar-refractivity contribution >= 4 is 17.8 Å². The van der Waals surface area contributed by atoms with Gasteiger partial charge in [0.25, 0.3) is 0 Å². The first-order valence-corrected chi connectivity index (χ1v) is 8.24. The van der Waals surface area contributed by atoms with Crippen LogP contribution in [0.15, 0.2) is 66.3 Å². The van der Waals surface area contributed by atoms with Crippen molar-refractivity contribution < 1.29 is 23.8 Å². The van der Waals surface area contributed by atoms with Gasteiger partial charge in [-0.15, -0.1) is 0 Å². The van der Waals surface area contributed by atoms with E-state index in [0.717, 1.165) is 5.56 Å². The number of carbonyl (C=O) groups excluding carboxylic acids is 2. The van der Waals surface area contributed by atoms with Crippen molar-refractivity contribution in [2.24, 2.45) is 0 Å². The first-order valence-electron chi connectivity index (χ1n) is 8.24. The number of esters is 1. The molecule has 26 heavy (non-hydrogen) atoms. The van der Waals surface area contributed by atoms with Crippen LogP contribution in [-0.4, -0.2) is 25.2 Å². The first kappa shape index (κ1) is 17.5. The van der Waals surface area contributed by atoms with E-state index in [-0.39, 0.29) is 19.0 Å². The number of ether oxygens (including phenoxy) is 3. The lowest BCUT2D eigenvalue weighted by molar-refractivity contribution is -0.138. The van der Waals surface area contributed by atoms with E-state index in [0.29, 0.717) is 17.1 Å². The molecule has 5 nitrogen and oxygen atoms in total. The number of carbonyl (C=O) groups is 2. The number of fused-ring (bicyclic) bond motifs is 1. The Balaban J connectivity index is 1.88. The summed E-state index contributed by atoms with van der Waals surface area (Å²) >= 11 is 0. The van der Waals surface area contributed by atoms with E-state index >= 15 is 0 Å². The van der Waals surface area contributed by atoms with E-state index in [1.54, 1.807) is 31.2 Å². The Morgan fingerprint density at radius 1 is 1.08 bits per heavy atom. The fourth-order valence-electron chi connectivity index (χ4n) is 2.46. The number of allylic oxidation sites excluding steroid dienone is 2. The molecular formula is C21H18O5. The minimum atomic E-state index is -0.659. The maximum atomic E-state index is 12.8. The molecule has 3 rings (SSSR count). The zero-order chi connectivity index (χ0) is 18.4. The van der Waals surface area contributed by atoms with Gasteiger partial charge in [0, 0.05) is 5.56 Å². The van der Waals surface area contributed by atoms with E-state index in [1.807, 2.05) is 36.4 Å². The summed E-state index contributed by atoms with van der Waals surface area (Å²) < 4.78 is 15.6. The van der Waals surface area contributed by atoms with E-state index in [2.05, 4.69) is 0 Å². The maximum Gasteiger partial charge on any atom is 0.342 e. The third-order valence-corrected chi connectivity index (χ3v) is 3.73. The van der Waals surface area contributed by atoms with Crippen molar-refractivity contribution in [1.82, 2.24) is 0 Å². The van der Waals surface area contributed by atoms with Gasteiger partial charge < -0.3 is 14.2 Å². The second kappa shape index (κ2) is 8.16. The molecule has 0 saturated carbocycles. The summed E-state index contributed by atoms with van der Waals surface area (Å²) in [4.78, 5) is 25.0. The van der Waals surface area contributed by atoms with Crippen molar-refractivity contribution in [3.8, 4) is 11.5 Å². The highest BCUT2D eigenvalue weighted by Crippen LogP contribution is 2.33. The van der Waals surface area contributed by atoms with Crippen LogP contribution in [0.25, 0.3) is 6.08 Å². The minimum Gasteiger partial charge on any atom is -0.462 e. The molecule has 0 bridgehead atoms. The largest absolute Gasteiger partial charge is 0.462 e. The zero-order valence-electron chi connectivity index (χ0n) is 14.3. The molecule has 0 unspecified atom stereocenters. The molecule has 0 radical (unpaired) electrons. The quantitative estimate of drug-likeness (QED) is 0.198. The Morgan fingerprint density at radius 2 is 1.85 bits per heavy atom. The Labute approximate surface area is 151 Å². The number of rotatable bonds is 6. The minimum absolute atomic E-state index is 0.0436. The van der Waals surface area contributed by atoms with Gasteiger partial charge in [-0.05, 0) is 36.8 Å². The van der Waals surface area contributed by atoms with Crippen molar-refractivity contribution in [2.45, 2.75) is 6.92 Å². The molecule has 0 fully saturated rings. The predicted octanol–water partition coefficient (Wildman–Crippen LogP) is 3.80. The summed E-state index contributed by atoms with van der Waals surface area (Å²) in [7, 11) is 0. The van der Waals surface area contributed by atoms with Crippen molar-refractivity contribution in [3.63, 3.8) is 0 Å². The van der Waals surface area contributed by atoms with Gasteiger partial charge in [0.15, 0.2) is 17.3 Å². The Bertz CT molecular complexity index is 865. The van der Waals surface area contributed by atoms with Gasteiger partial charge >= 0.3 is 5.97 Å². The van der Waals surface area contributed by atoms with Crippen LogP contribution in [-0.2, 0) is 9.53 Å². The number of benzene rings is 2. The van der Waals surface area contributed by atoms with Gasteiger partial charge in [0.1, 0.15) is 5.57 Å². The lowest BCUT2D eigenvalue weighted by Crippen LogP contribution is -2.16. The zero-order valence-corrected chi connectivity index (χ0v) is 14.3. The summed E-state index contributed by atoms with van der Waals surface area (Å²) in [6.45, 7) is 2.00. The Morgan fingerprint density at radius 3 is 2.62 bits per heavy atom. The second-order valence-corrected chi connectivity index (χ2v) is 5.47. The molecule has 5 heteroatoms. The van der Waals surface area contributed by atoms with Crippen LogP contribution < -0.4 is 9.47 Å². The van der Waals surface area contributed by atoms with Crippen molar-refractivity contribution in [2.75, 3.05) is 13.4 Å². The smallest absolute Gasteiger partial charge is 0.342 e. The summed E-state index contributed by atoms with van der Waals surface area (Å²) in [5, 5.41) is 0. The topological polar surface area (TPSA) is 61.8 Å². The molecule has 0 aromatic heterocycles. The first-order chi connectivity index (χ1) is 12.7. The lowest BCUT2D eigenvalue weighted by Gasteiger charge is -2.06. The molecule has 0 atom stereocenters. The third kappa shape index (κ3) is 4.00. The second-order valence-electron chi connectivity index (χ2n) is 5.47. The van der Waals surface area contributed by atoms with Crippen LogP contribution in [0, 0.1) is 0 Å². The molecule has 132 valence electrons. The Kier molecular flexibility index (Phi) is 5.49. The molecule has 0 saturated heterocycles. The van der Waals surface area contributed by atoms with Crippen LogP contribution in [0.5, 0.6) is 11.5 Å². The van der Waals surface area contributed by atoms with Crippen LogP contribution in [0.2, 0.25) is 0 Å². The number of hydrogen-bond acceptors (Lipinski definition) is 5. The number of Topliss-reactive ketones (excluding diaryl/α,β-unsaturated/α-hetero) is 1. The number of ketones is 1. The molecule has 0 N–H and O–H groups in total. The Hall–Kier alpha value is -3.34. The van der Waals surface area contributed by atoms with E-state index in [4.69, 9.17) is 14.2 Å². The summed E-state index contributed by atoms with van der Waals surface area (Å²) in [5.41, 5.74) is 1.25. The lowest BCUT2D eigenvalue weighted by atomic mass is 10.0. The summed E-state index contributed by atoms with van der Waals surface area (Å²) in [5.74, 6) is -0.0292. The monoisotopic (exact) mass is 350 g/mol. The normalized spacial score (nSPS) is 13.0. The molecule has 1 aliphatic rings. The van der Waals surface area contributed by atoms with Gasteiger partial charge in [-0.3, -0.25) is 4.79 Å². The molecule has 0 amide bonds. The number of hydrogen-bond donors (Lipinski definition) is 0. The summed E-state index contributed by atoms with van der Waals surface area (Å²) in [6, 6.07) is 14.4. The molecule has 2 aromatic rings. The van der Waals surface area contributed by atoms with Gasteiger partial charge in [-0.2, -0.15) is 0 Å². The highest BCUT2D eigenvalue weighted by molar-refractivity contribution is 6.24. The standard InChI is InChI=1S/C21H18O5/c1-2-24-21(23)17(10-6-9-15-7-4-3-5-8-15)20(22)16-11-12-18-19(13-16)26-14-25-18/h3-13H,2,14H2,1H3/b9-6+,17-10+. The third-order valence-electron chi connectivity index (χ3n) is 3.73. The van der Waals surface area contributed by atoms with E-state index in [1.165, 1.54) is 6.08 Å². The van der Waals surface area contributed by atoms with Crippen LogP contribution >= 0.6 is 0 Å². The predicted molar refractivity (Wildman–Crippen MR) is 97.1 cm³/mol.